The third kappa shape index (κ3) is 59.6. The zero-order valence-electron chi connectivity index (χ0n) is 10.0. The second kappa shape index (κ2) is 36.0. The Morgan fingerprint density at radius 2 is 0.812 bits per heavy atom. The monoisotopic (exact) mass is 383 g/mol. The van der Waals surface area contributed by atoms with E-state index in [2.05, 4.69) is 14.2 Å². The van der Waals surface area contributed by atoms with Crippen molar-refractivity contribution in [3.05, 3.63) is 0 Å². The molecule has 0 bridgehead atoms. The predicted octanol–water partition coefficient (Wildman–Crippen LogP) is -3.02. The molecule has 16 heavy (non-hydrogen) atoms. The van der Waals surface area contributed by atoms with E-state index in [-0.39, 0.29) is 59.8 Å². The molecule has 0 unspecified atom stereocenters. The minimum absolute atomic E-state index is 0. The molecule has 0 aliphatic heterocycles. The van der Waals surface area contributed by atoms with Crippen LogP contribution < -0.4 is 15.3 Å². The summed E-state index contributed by atoms with van der Waals surface area (Å²) in [5, 5.41) is 28.2. The molecule has 0 amide bonds. The van der Waals surface area contributed by atoms with Gasteiger partial charge >= 0.3 is 39.9 Å². The smallest absolute Gasteiger partial charge is 0.853 e. The first-order valence-electron chi connectivity index (χ1n) is 4.46. The van der Waals surface area contributed by atoms with Gasteiger partial charge in [-0.05, 0) is 0 Å². The van der Waals surface area contributed by atoms with Gasteiger partial charge in [0.05, 0.1) is 0 Å². The van der Waals surface area contributed by atoms with Crippen molar-refractivity contribution in [2.24, 2.45) is 0 Å². The van der Waals surface area contributed by atoms with Gasteiger partial charge in [-0.1, -0.05) is 0 Å². The summed E-state index contributed by atoms with van der Waals surface area (Å²) in [6.07, 6.45) is 0. The van der Waals surface area contributed by atoms with Crippen molar-refractivity contribution in [2.45, 2.75) is 0 Å². The number of ether oxygens (including phenoxy) is 3. The van der Waals surface area contributed by atoms with Gasteiger partial charge in [-0.2, -0.15) is 0 Å². The van der Waals surface area contributed by atoms with Crippen LogP contribution in [-0.2, 0) is 14.2 Å². The van der Waals surface area contributed by atoms with Gasteiger partial charge in [-0.3, -0.25) is 0 Å². The largest absolute Gasteiger partial charge is 3.00 e. The maximum absolute atomic E-state index is 9.40. The summed E-state index contributed by atoms with van der Waals surface area (Å²) in [6.45, 7) is 0.615. The molecule has 1 radical (unpaired) electrons. The number of rotatable bonds is 6. The summed E-state index contributed by atoms with van der Waals surface area (Å²) in [4.78, 5) is 0. The topological polar surface area (TPSA) is 96.9 Å². The van der Waals surface area contributed by atoms with Crippen molar-refractivity contribution < 1.29 is 69.5 Å². The molecule has 0 aliphatic carbocycles. The van der Waals surface area contributed by atoms with Gasteiger partial charge in [0.1, 0.15) is 0 Å². The second-order valence-corrected chi connectivity index (χ2v) is 2.09. The first-order chi connectivity index (χ1) is 7.24. The number of methoxy groups -OCH3 is 3. The maximum atomic E-state index is 9.40. The fourth-order valence-corrected chi connectivity index (χ4v) is 0.250. The Bertz CT molecular complexity index is 56.8. The zero-order chi connectivity index (χ0) is 12.4. The van der Waals surface area contributed by atoms with Crippen molar-refractivity contribution >= 4 is 0 Å². The maximum Gasteiger partial charge on any atom is 3.00 e. The average molecular weight is 383 g/mol. The molecule has 0 fully saturated rings. The van der Waals surface area contributed by atoms with Crippen molar-refractivity contribution in [1.82, 2.24) is 0 Å². The molecule has 0 spiro atoms. The summed E-state index contributed by atoms with van der Waals surface area (Å²) >= 11 is 0. The Morgan fingerprint density at radius 1 is 0.625 bits per heavy atom. The third-order valence-corrected chi connectivity index (χ3v) is 0.862. The molecule has 0 saturated carbocycles. The van der Waals surface area contributed by atoms with E-state index in [1.165, 1.54) is 21.3 Å². The van der Waals surface area contributed by atoms with Gasteiger partial charge in [-0.25, -0.2) is 0 Å². The van der Waals surface area contributed by atoms with Gasteiger partial charge in [0.25, 0.3) is 0 Å². The van der Waals surface area contributed by atoms with Gasteiger partial charge in [-0.15, -0.1) is 19.8 Å². The van der Waals surface area contributed by atoms with Crippen LogP contribution in [-0.4, -0.2) is 61.0 Å². The Kier molecular flexibility index (Phi) is 58.1. The second-order valence-electron chi connectivity index (χ2n) is 2.09. The van der Waals surface area contributed by atoms with Crippen LogP contribution in [0.1, 0.15) is 0 Å². The van der Waals surface area contributed by atoms with Crippen LogP contribution in [0.5, 0.6) is 0 Å². The van der Waals surface area contributed by atoms with Crippen LogP contribution in [0.25, 0.3) is 0 Å². The first-order valence-corrected chi connectivity index (χ1v) is 4.46. The van der Waals surface area contributed by atoms with E-state index in [0.717, 1.165) is 0 Å². The molecule has 101 valence electrons. The van der Waals surface area contributed by atoms with E-state index >= 15 is 0 Å². The SMILES string of the molecule is COCC[O-].COCC[O-].COCC[O-].[Gd+3]. The minimum atomic E-state index is -0.128. The summed E-state index contributed by atoms with van der Waals surface area (Å²) in [5.41, 5.74) is 0. The average Bonchev–Trinajstić information content (AvgIpc) is 2.23. The Morgan fingerprint density at radius 3 is 0.812 bits per heavy atom. The first kappa shape index (κ1) is 25.8. The van der Waals surface area contributed by atoms with E-state index in [4.69, 9.17) is 0 Å². The Balaban J connectivity index is -0.0000000655. The molecule has 6 nitrogen and oxygen atoms in total. The van der Waals surface area contributed by atoms with E-state index in [9.17, 15) is 15.3 Å². The van der Waals surface area contributed by atoms with Crippen molar-refractivity contribution in [3.8, 4) is 0 Å². The summed E-state index contributed by atoms with van der Waals surface area (Å²) in [5.74, 6) is 0. The molecule has 0 N–H and O–H groups in total. The van der Waals surface area contributed by atoms with Crippen LogP contribution in [0.2, 0.25) is 0 Å². The Labute approximate surface area is 130 Å². The van der Waals surface area contributed by atoms with Gasteiger partial charge in [0.2, 0.25) is 0 Å². The van der Waals surface area contributed by atoms with Gasteiger partial charge in [0.15, 0.2) is 0 Å². The van der Waals surface area contributed by atoms with Crippen molar-refractivity contribution in [1.29, 1.82) is 0 Å². The van der Waals surface area contributed by atoms with Crippen molar-refractivity contribution in [3.63, 3.8) is 0 Å². The molecule has 0 saturated heterocycles. The van der Waals surface area contributed by atoms with E-state index in [1.807, 2.05) is 0 Å². The van der Waals surface area contributed by atoms with Gasteiger partial charge < -0.3 is 29.5 Å². The fraction of sp³-hybridized carbons (Fsp3) is 1.00. The number of hydrogen-bond donors (Lipinski definition) is 0. The molecule has 0 aliphatic rings. The van der Waals surface area contributed by atoms with Gasteiger partial charge in [0, 0.05) is 41.2 Å². The molecular formula is C9H21GdO6. The molecule has 0 rings (SSSR count). The van der Waals surface area contributed by atoms with E-state index in [0.29, 0.717) is 19.8 Å². The Hall–Kier alpha value is 1.08. The molecule has 7 heteroatoms. The molecular weight excluding hydrogens is 361 g/mol. The van der Waals surface area contributed by atoms with Crippen LogP contribution in [0.3, 0.4) is 0 Å². The quantitative estimate of drug-likeness (QED) is 0.485. The van der Waals surface area contributed by atoms with Crippen LogP contribution >= 0.6 is 0 Å². The van der Waals surface area contributed by atoms with Crippen LogP contribution in [0, 0.1) is 39.9 Å². The third-order valence-electron chi connectivity index (χ3n) is 0.862. The fourth-order valence-electron chi connectivity index (χ4n) is 0.250. The molecule has 0 aromatic carbocycles. The van der Waals surface area contributed by atoms with Crippen LogP contribution in [0.4, 0.5) is 0 Å². The van der Waals surface area contributed by atoms with Crippen LogP contribution in [0.15, 0.2) is 0 Å². The minimum Gasteiger partial charge on any atom is -0.853 e. The molecule has 0 atom stereocenters. The summed E-state index contributed by atoms with van der Waals surface area (Å²) in [7, 11) is 4.54. The van der Waals surface area contributed by atoms with Crippen molar-refractivity contribution in [2.75, 3.05) is 61.0 Å². The predicted molar refractivity (Wildman–Crippen MR) is 50.2 cm³/mol. The normalized spacial score (nSPS) is 7.88. The standard InChI is InChI=1S/3C3H7O2.Gd/c3*1-5-3-2-4;/h3*2-3H2,1H3;/q3*-1;+3. The molecule has 0 aromatic rings. The zero-order valence-corrected chi connectivity index (χ0v) is 12.3. The molecule has 0 aromatic heterocycles. The summed E-state index contributed by atoms with van der Waals surface area (Å²) < 4.78 is 13.1. The van der Waals surface area contributed by atoms with E-state index < -0.39 is 0 Å². The van der Waals surface area contributed by atoms with E-state index in [1.54, 1.807) is 0 Å². The number of hydrogen-bond acceptors (Lipinski definition) is 6. The summed E-state index contributed by atoms with van der Waals surface area (Å²) in [6, 6.07) is 0. The molecule has 0 heterocycles.